The van der Waals surface area contributed by atoms with Gasteiger partial charge in [0.2, 0.25) is 0 Å². The van der Waals surface area contributed by atoms with Crippen LogP contribution in [-0.4, -0.2) is 7.05 Å². The van der Waals surface area contributed by atoms with Crippen molar-refractivity contribution in [1.29, 1.82) is 0 Å². The van der Waals surface area contributed by atoms with E-state index < -0.39 is 0 Å². The minimum Gasteiger partial charge on any atom is -0.392 e. The third kappa shape index (κ3) is 3.84. The van der Waals surface area contributed by atoms with Crippen molar-refractivity contribution in [3.8, 4) is 0 Å². The highest BCUT2D eigenvalue weighted by Crippen LogP contribution is 2.25. The van der Waals surface area contributed by atoms with Crippen molar-refractivity contribution in [2.24, 2.45) is 5.92 Å². The standard InChI is InChI=1S/C12H23N/c1-11(13-2)12-9-7-5-3-4-6-8-10-12/h12-13H,1,3-10H2,2H3. The fourth-order valence-corrected chi connectivity index (χ4v) is 2.19. The second-order valence-electron chi connectivity index (χ2n) is 4.17. The van der Waals surface area contributed by atoms with Crippen LogP contribution in [0.5, 0.6) is 0 Å². The first-order valence-electron chi connectivity index (χ1n) is 5.71. The van der Waals surface area contributed by atoms with E-state index in [0.717, 1.165) is 5.92 Å². The van der Waals surface area contributed by atoms with Gasteiger partial charge < -0.3 is 5.32 Å². The molecule has 1 nitrogen and oxygen atoms in total. The van der Waals surface area contributed by atoms with Crippen LogP contribution in [0.2, 0.25) is 0 Å². The van der Waals surface area contributed by atoms with Gasteiger partial charge in [0.25, 0.3) is 0 Å². The van der Waals surface area contributed by atoms with Gasteiger partial charge in [0.15, 0.2) is 0 Å². The molecule has 0 atom stereocenters. The van der Waals surface area contributed by atoms with Gasteiger partial charge in [-0.1, -0.05) is 45.1 Å². The van der Waals surface area contributed by atoms with Gasteiger partial charge in [0, 0.05) is 12.7 Å². The average Bonchev–Trinajstić information content (AvgIpc) is 2.29. The van der Waals surface area contributed by atoms with Gasteiger partial charge in [-0.3, -0.25) is 0 Å². The summed E-state index contributed by atoms with van der Waals surface area (Å²) in [5.74, 6) is 0.739. The molecule has 0 amide bonds. The maximum Gasteiger partial charge on any atom is 0.00625 e. The molecule has 1 fully saturated rings. The Balaban J connectivity index is 2.36. The molecule has 0 aromatic heterocycles. The van der Waals surface area contributed by atoms with E-state index in [1.165, 1.54) is 57.1 Å². The van der Waals surface area contributed by atoms with Crippen LogP contribution in [0.1, 0.15) is 51.4 Å². The molecule has 0 bridgehead atoms. The van der Waals surface area contributed by atoms with E-state index in [-0.39, 0.29) is 0 Å². The zero-order valence-electron chi connectivity index (χ0n) is 8.94. The quantitative estimate of drug-likeness (QED) is 0.688. The van der Waals surface area contributed by atoms with E-state index in [2.05, 4.69) is 11.9 Å². The molecule has 0 aliphatic heterocycles. The summed E-state index contributed by atoms with van der Waals surface area (Å²) >= 11 is 0. The summed E-state index contributed by atoms with van der Waals surface area (Å²) < 4.78 is 0. The Morgan fingerprint density at radius 1 is 1.00 bits per heavy atom. The molecule has 13 heavy (non-hydrogen) atoms. The summed E-state index contributed by atoms with van der Waals surface area (Å²) in [6.07, 6.45) is 11.2. The Labute approximate surface area is 82.6 Å². The molecule has 0 radical (unpaired) electrons. The summed E-state index contributed by atoms with van der Waals surface area (Å²) in [4.78, 5) is 0. The molecule has 1 rings (SSSR count). The maximum atomic E-state index is 4.09. The zero-order valence-corrected chi connectivity index (χ0v) is 8.94. The van der Waals surface area contributed by atoms with E-state index in [1.807, 2.05) is 7.05 Å². The topological polar surface area (TPSA) is 12.0 Å². The van der Waals surface area contributed by atoms with Gasteiger partial charge in [-0.05, 0) is 18.8 Å². The number of allylic oxidation sites excluding steroid dienone is 1. The lowest BCUT2D eigenvalue weighted by atomic mass is 9.94. The van der Waals surface area contributed by atoms with Crippen molar-refractivity contribution in [1.82, 2.24) is 5.32 Å². The van der Waals surface area contributed by atoms with Gasteiger partial charge in [-0.15, -0.1) is 0 Å². The molecule has 1 aliphatic carbocycles. The first-order chi connectivity index (χ1) is 6.34. The summed E-state index contributed by atoms with van der Waals surface area (Å²) in [6, 6.07) is 0. The largest absolute Gasteiger partial charge is 0.392 e. The van der Waals surface area contributed by atoms with E-state index >= 15 is 0 Å². The fourth-order valence-electron chi connectivity index (χ4n) is 2.19. The van der Waals surface area contributed by atoms with Gasteiger partial charge in [-0.25, -0.2) is 0 Å². The summed E-state index contributed by atoms with van der Waals surface area (Å²) in [7, 11) is 2.00. The lowest BCUT2D eigenvalue weighted by Crippen LogP contribution is -2.15. The Bertz CT molecular complexity index is 141. The number of rotatable bonds is 2. The molecule has 1 saturated carbocycles. The Morgan fingerprint density at radius 3 is 1.92 bits per heavy atom. The zero-order chi connectivity index (χ0) is 9.52. The van der Waals surface area contributed by atoms with Crippen LogP contribution in [0.15, 0.2) is 12.3 Å². The van der Waals surface area contributed by atoms with Crippen LogP contribution in [-0.2, 0) is 0 Å². The van der Waals surface area contributed by atoms with Crippen LogP contribution in [0, 0.1) is 5.92 Å². The maximum absolute atomic E-state index is 4.09. The predicted molar refractivity (Wildman–Crippen MR) is 58.6 cm³/mol. The SMILES string of the molecule is C=C(NC)C1CCCCCCCC1. The van der Waals surface area contributed by atoms with E-state index in [0.29, 0.717) is 0 Å². The monoisotopic (exact) mass is 181 g/mol. The molecule has 1 aliphatic rings. The van der Waals surface area contributed by atoms with Crippen LogP contribution >= 0.6 is 0 Å². The van der Waals surface area contributed by atoms with Crippen molar-refractivity contribution < 1.29 is 0 Å². The second-order valence-corrected chi connectivity index (χ2v) is 4.17. The Hall–Kier alpha value is -0.460. The predicted octanol–water partition coefficient (Wildman–Crippen LogP) is 3.47. The highest BCUT2D eigenvalue weighted by atomic mass is 14.8. The third-order valence-electron chi connectivity index (χ3n) is 3.17. The molecular formula is C12H23N. The van der Waals surface area contributed by atoms with Crippen molar-refractivity contribution >= 4 is 0 Å². The summed E-state index contributed by atoms with van der Waals surface area (Å²) in [5.41, 5.74) is 1.25. The van der Waals surface area contributed by atoms with Crippen molar-refractivity contribution in [3.05, 3.63) is 12.3 Å². The highest BCUT2D eigenvalue weighted by Gasteiger charge is 2.12. The van der Waals surface area contributed by atoms with E-state index in [9.17, 15) is 0 Å². The highest BCUT2D eigenvalue weighted by molar-refractivity contribution is 4.96. The van der Waals surface area contributed by atoms with E-state index in [4.69, 9.17) is 0 Å². The Kier molecular flexibility index (Phi) is 4.95. The average molecular weight is 181 g/mol. The lowest BCUT2D eigenvalue weighted by molar-refractivity contribution is 0.469. The molecule has 0 unspecified atom stereocenters. The smallest absolute Gasteiger partial charge is 0.00625 e. The third-order valence-corrected chi connectivity index (χ3v) is 3.17. The first kappa shape index (κ1) is 10.6. The van der Waals surface area contributed by atoms with Crippen LogP contribution < -0.4 is 5.32 Å². The van der Waals surface area contributed by atoms with Crippen LogP contribution in [0.25, 0.3) is 0 Å². The van der Waals surface area contributed by atoms with Crippen LogP contribution in [0.4, 0.5) is 0 Å². The summed E-state index contributed by atoms with van der Waals surface area (Å²) in [6.45, 7) is 4.09. The molecule has 0 saturated heterocycles. The van der Waals surface area contributed by atoms with Crippen molar-refractivity contribution in [2.75, 3.05) is 7.05 Å². The minimum absolute atomic E-state index is 0.739. The fraction of sp³-hybridized carbons (Fsp3) is 0.833. The van der Waals surface area contributed by atoms with E-state index in [1.54, 1.807) is 0 Å². The Morgan fingerprint density at radius 2 is 1.46 bits per heavy atom. The van der Waals surface area contributed by atoms with Crippen molar-refractivity contribution in [2.45, 2.75) is 51.4 Å². The molecule has 1 heteroatoms. The molecular weight excluding hydrogens is 158 g/mol. The minimum atomic E-state index is 0.739. The lowest BCUT2D eigenvalue weighted by Gasteiger charge is -2.18. The molecule has 0 spiro atoms. The summed E-state index contributed by atoms with van der Waals surface area (Å²) in [5, 5.41) is 3.21. The molecule has 0 aromatic rings. The van der Waals surface area contributed by atoms with Crippen LogP contribution in [0.3, 0.4) is 0 Å². The number of hydrogen-bond acceptors (Lipinski definition) is 1. The molecule has 76 valence electrons. The first-order valence-corrected chi connectivity index (χ1v) is 5.71. The number of hydrogen-bond donors (Lipinski definition) is 1. The molecule has 1 N–H and O–H groups in total. The van der Waals surface area contributed by atoms with Gasteiger partial charge in [0.1, 0.15) is 0 Å². The second kappa shape index (κ2) is 6.06. The van der Waals surface area contributed by atoms with Crippen molar-refractivity contribution in [3.63, 3.8) is 0 Å². The number of nitrogens with one attached hydrogen (secondary N) is 1. The van der Waals surface area contributed by atoms with Gasteiger partial charge in [0.05, 0.1) is 0 Å². The normalized spacial score (nSPS) is 21.3. The van der Waals surface area contributed by atoms with Gasteiger partial charge >= 0.3 is 0 Å². The molecule has 0 heterocycles. The molecule has 0 aromatic carbocycles. The van der Waals surface area contributed by atoms with Gasteiger partial charge in [-0.2, -0.15) is 0 Å².